The zero-order chi connectivity index (χ0) is 14.4. The SMILES string of the molecule is Cc1c(S(=O)(=O)N2CCC(C)C(C)C2)c(N)nn1C. The van der Waals surface area contributed by atoms with Gasteiger partial charge in [-0.25, -0.2) is 8.42 Å². The number of hydrogen-bond acceptors (Lipinski definition) is 4. The molecule has 1 fully saturated rings. The minimum atomic E-state index is -3.53. The number of aryl methyl sites for hydroxylation is 1. The summed E-state index contributed by atoms with van der Waals surface area (Å²) < 4.78 is 28.4. The molecule has 0 saturated carbocycles. The fourth-order valence-corrected chi connectivity index (χ4v) is 4.35. The van der Waals surface area contributed by atoms with Crippen LogP contribution >= 0.6 is 0 Å². The third-order valence-corrected chi connectivity index (χ3v) is 6.23. The molecule has 19 heavy (non-hydrogen) atoms. The Labute approximate surface area is 114 Å². The van der Waals surface area contributed by atoms with Gasteiger partial charge in [0.05, 0.1) is 5.69 Å². The first-order valence-corrected chi connectivity index (χ1v) is 7.98. The molecule has 1 aromatic heterocycles. The van der Waals surface area contributed by atoms with Crippen molar-refractivity contribution < 1.29 is 8.42 Å². The highest BCUT2D eigenvalue weighted by molar-refractivity contribution is 7.89. The second-order valence-corrected chi connectivity index (χ2v) is 7.40. The maximum absolute atomic E-state index is 12.7. The number of nitrogens with zero attached hydrogens (tertiary/aromatic N) is 3. The zero-order valence-electron chi connectivity index (χ0n) is 11.9. The molecular formula is C12H22N4O2S. The van der Waals surface area contributed by atoms with Gasteiger partial charge in [-0.3, -0.25) is 4.68 Å². The van der Waals surface area contributed by atoms with Gasteiger partial charge in [-0.05, 0) is 25.2 Å². The van der Waals surface area contributed by atoms with E-state index in [0.29, 0.717) is 30.6 Å². The molecule has 0 aromatic carbocycles. The molecule has 0 amide bonds. The van der Waals surface area contributed by atoms with Gasteiger partial charge in [-0.15, -0.1) is 0 Å². The van der Waals surface area contributed by atoms with Crippen molar-refractivity contribution in [2.75, 3.05) is 18.8 Å². The number of anilines is 1. The van der Waals surface area contributed by atoms with Gasteiger partial charge >= 0.3 is 0 Å². The van der Waals surface area contributed by atoms with Crippen molar-refractivity contribution in [2.24, 2.45) is 18.9 Å². The van der Waals surface area contributed by atoms with Crippen LogP contribution in [-0.2, 0) is 17.1 Å². The standard InChI is InChI=1S/C12H22N4O2S/c1-8-5-6-16(7-9(8)2)19(17,18)11-10(3)15(4)14-12(11)13/h8-9H,5-7H2,1-4H3,(H2,13,14). The summed E-state index contributed by atoms with van der Waals surface area (Å²) in [5.74, 6) is 1.01. The normalized spacial score (nSPS) is 25.7. The van der Waals surface area contributed by atoms with Crippen LogP contribution < -0.4 is 5.73 Å². The predicted octanol–water partition coefficient (Wildman–Crippen LogP) is 0.977. The molecule has 2 N–H and O–H groups in total. The largest absolute Gasteiger partial charge is 0.381 e. The van der Waals surface area contributed by atoms with Crippen molar-refractivity contribution in [3.63, 3.8) is 0 Å². The molecule has 6 nitrogen and oxygen atoms in total. The van der Waals surface area contributed by atoms with E-state index in [9.17, 15) is 8.42 Å². The molecule has 0 radical (unpaired) electrons. The molecule has 1 saturated heterocycles. The molecule has 0 bridgehead atoms. The first-order valence-electron chi connectivity index (χ1n) is 6.54. The average molecular weight is 286 g/mol. The Balaban J connectivity index is 2.38. The summed E-state index contributed by atoms with van der Waals surface area (Å²) in [7, 11) is -1.83. The second kappa shape index (κ2) is 4.79. The Bertz CT molecular complexity index is 579. The molecule has 2 atom stereocenters. The van der Waals surface area contributed by atoms with Gasteiger partial charge in [0.15, 0.2) is 5.82 Å². The van der Waals surface area contributed by atoms with Crippen LogP contribution in [0.2, 0.25) is 0 Å². The lowest BCUT2D eigenvalue weighted by atomic mass is 9.90. The number of nitrogen functional groups attached to an aromatic ring is 1. The van der Waals surface area contributed by atoms with Gasteiger partial charge in [-0.2, -0.15) is 9.40 Å². The lowest BCUT2D eigenvalue weighted by Crippen LogP contribution is -2.42. The van der Waals surface area contributed by atoms with E-state index in [1.54, 1.807) is 14.0 Å². The minimum absolute atomic E-state index is 0.0891. The smallest absolute Gasteiger partial charge is 0.248 e. The molecular weight excluding hydrogens is 264 g/mol. The van der Waals surface area contributed by atoms with E-state index in [4.69, 9.17) is 5.73 Å². The van der Waals surface area contributed by atoms with E-state index in [0.717, 1.165) is 6.42 Å². The summed E-state index contributed by atoms with van der Waals surface area (Å²) in [6.07, 6.45) is 0.889. The Morgan fingerprint density at radius 2 is 1.95 bits per heavy atom. The fourth-order valence-electron chi connectivity index (χ4n) is 2.51. The van der Waals surface area contributed by atoms with Crippen molar-refractivity contribution >= 4 is 15.8 Å². The number of nitrogens with two attached hydrogens (primary N) is 1. The van der Waals surface area contributed by atoms with E-state index < -0.39 is 10.0 Å². The summed E-state index contributed by atoms with van der Waals surface area (Å²) in [5, 5.41) is 3.99. The highest BCUT2D eigenvalue weighted by atomic mass is 32.2. The lowest BCUT2D eigenvalue weighted by molar-refractivity contribution is 0.212. The highest BCUT2D eigenvalue weighted by Crippen LogP contribution is 2.30. The quantitative estimate of drug-likeness (QED) is 0.878. The van der Waals surface area contributed by atoms with Crippen molar-refractivity contribution in [1.82, 2.24) is 14.1 Å². The highest BCUT2D eigenvalue weighted by Gasteiger charge is 2.35. The van der Waals surface area contributed by atoms with Gasteiger partial charge in [-0.1, -0.05) is 13.8 Å². The molecule has 0 spiro atoms. The molecule has 2 heterocycles. The fraction of sp³-hybridized carbons (Fsp3) is 0.750. The van der Waals surface area contributed by atoms with Gasteiger partial charge in [0, 0.05) is 20.1 Å². The van der Waals surface area contributed by atoms with Gasteiger partial charge in [0.25, 0.3) is 0 Å². The summed E-state index contributed by atoms with van der Waals surface area (Å²) in [5.41, 5.74) is 6.35. The minimum Gasteiger partial charge on any atom is -0.381 e. The monoisotopic (exact) mass is 286 g/mol. The van der Waals surface area contributed by atoms with E-state index in [1.807, 2.05) is 0 Å². The van der Waals surface area contributed by atoms with Crippen LogP contribution in [0.1, 0.15) is 26.0 Å². The van der Waals surface area contributed by atoms with Crippen LogP contribution in [0, 0.1) is 18.8 Å². The summed E-state index contributed by atoms with van der Waals surface area (Å²) in [6, 6.07) is 0. The topological polar surface area (TPSA) is 81.2 Å². The summed E-state index contributed by atoms with van der Waals surface area (Å²) in [6.45, 7) is 7.09. The van der Waals surface area contributed by atoms with Gasteiger partial charge in [0.1, 0.15) is 4.90 Å². The van der Waals surface area contributed by atoms with Crippen molar-refractivity contribution in [3.05, 3.63) is 5.69 Å². The summed E-state index contributed by atoms with van der Waals surface area (Å²) in [4.78, 5) is 0.164. The molecule has 1 aliphatic rings. The maximum atomic E-state index is 12.7. The van der Waals surface area contributed by atoms with Crippen LogP contribution in [0.5, 0.6) is 0 Å². The molecule has 108 valence electrons. The van der Waals surface area contributed by atoms with Crippen LogP contribution in [0.15, 0.2) is 4.90 Å². The van der Waals surface area contributed by atoms with Crippen molar-refractivity contribution in [3.8, 4) is 0 Å². The predicted molar refractivity (Wildman–Crippen MR) is 74.1 cm³/mol. The molecule has 1 aliphatic heterocycles. The number of piperidine rings is 1. The average Bonchev–Trinajstić information content (AvgIpc) is 2.57. The van der Waals surface area contributed by atoms with Gasteiger partial charge < -0.3 is 5.73 Å². The third-order valence-electron chi connectivity index (χ3n) is 4.20. The molecule has 1 aromatic rings. The van der Waals surface area contributed by atoms with Crippen molar-refractivity contribution in [1.29, 1.82) is 0 Å². The summed E-state index contributed by atoms with van der Waals surface area (Å²) >= 11 is 0. The number of aromatic nitrogens is 2. The number of hydrogen-bond donors (Lipinski definition) is 1. The van der Waals surface area contributed by atoms with E-state index in [-0.39, 0.29) is 10.7 Å². The van der Waals surface area contributed by atoms with Crippen molar-refractivity contribution in [2.45, 2.75) is 32.1 Å². The third kappa shape index (κ3) is 2.36. The van der Waals surface area contributed by atoms with Crippen LogP contribution in [0.3, 0.4) is 0 Å². The first-order chi connectivity index (χ1) is 8.75. The van der Waals surface area contributed by atoms with Crippen LogP contribution in [0.25, 0.3) is 0 Å². The number of rotatable bonds is 2. The Kier molecular flexibility index (Phi) is 3.61. The zero-order valence-corrected chi connectivity index (χ0v) is 12.7. The van der Waals surface area contributed by atoms with Gasteiger partial charge in [0.2, 0.25) is 10.0 Å². The van der Waals surface area contributed by atoms with E-state index in [1.165, 1.54) is 8.99 Å². The Morgan fingerprint density at radius 3 is 2.42 bits per heavy atom. The Hall–Kier alpha value is -1.08. The molecule has 0 aliphatic carbocycles. The van der Waals surface area contributed by atoms with Crippen LogP contribution in [-0.4, -0.2) is 35.6 Å². The lowest BCUT2D eigenvalue weighted by Gasteiger charge is -2.34. The van der Waals surface area contributed by atoms with E-state index in [2.05, 4.69) is 18.9 Å². The Morgan fingerprint density at radius 1 is 1.32 bits per heavy atom. The second-order valence-electron chi connectivity index (χ2n) is 5.53. The van der Waals surface area contributed by atoms with Crippen LogP contribution in [0.4, 0.5) is 5.82 Å². The number of sulfonamides is 1. The maximum Gasteiger partial charge on any atom is 0.248 e. The molecule has 7 heteroatoms. The molecule has 2 rings (SSSR count). The van der Waals surface area contributed by atoms with E-state index >= 15 is 0 Å². The first kappa shape index (κ1) is 14.3. The molecule has 2 unspecified atom stereocenters.